The molecule has 0 radical (unpaired) electrons. The van der Waals surface area contributed by atoms with E-state index in [1.807, 2.05) is 6.79 Å². The van der Waals surface area contributed by atoms with Gasteiger partial charge in [0.05, 0.1) is 25.4 Å². The van der Waals surface area contributed by atoms with Crippen molar-refractivity contribution in [3.8, 4) is 5.75 Å². The lowest BCUT2D eigenvalue weighted by Crippen LogP contribution is -2.60. The van der Waals surface area contributed by atoms with Crippen LogP contribution in [0.2, 0.25) is 0 Å². The van der Waals surface area contributed by atoms with Crippen molar-refractivity contribution in [2.75, 3.05) is 27.2 Å². The fourth-order valence-corrected chi connectivity index (χ4v) is 8.16. The summed E-state index contributed by atoms with van der Waals surface area (Å²) < 4.78 is 32.0. The summed E-state index contributed by atoms with van der Waals surface area (Å²) in [4.78, 5) is 56.8. The molecule has 15 heteroatoms. The number of ketones is 1. The smallest absolute Gasteiger partial charge is 0.374 e. The lowest BCUT2D eigenvalue weighted by atomic mass is 9.96. The Kier molecular flexibility index (Phi) is 19.6. The van der Waals surface area contributed by atoms with Crippen LogP contribution < -0.4 is 15.4 Å². The number of nitrogens with zero attached hydrogens (tertiary/aromatic N) is 2. The Labute approximate surface area is 314 Å². The number of piperazine rings is 1. The topological polar surface area (TPSA) is 211 Å². The van der Waals surface area contributed by atoms with Crippen molar-refractivity contribution in [1.29, 1.82) is 0 Å². The minimum atomic E-state index is -3.71. The van der Waals surface area contributed by atoms with Crippen LogP contribution in [0.1, 0.15) is 79.7 Å². The maximum absolute atomic E-state index is 12.8. The zero-order chi connectivity index (χ0) is 39.2. The molecular formula is C38H58N4O10S. The average molecular weight is 763 g/mol. The van der Waals surface area contributed by atoms with Gasteiger partial charge in [0.1, 0.15) is 18.6 Å². The van der Waals surface area contributed by atoms with Gasteiger partial charge in [-0.1, -0.05) is 49.6 Å². The van der Waals surface area contributed by atoms with E-state index in [4.69, 9.17) is 14.6 Å². The molecular weight excluding hydrogens is 705 g/mol. The quantitative estimate of drug-likeness (QED) is 0.318. The van der Waals surface area contributed by atoms with Crippen LogP contribution in [-0.4, -0.2) is 110 Å². The molecule has 0 spiro atoms. The van der Waals surface area contributed by atoms with Gasteiger partial charge >= 0.3 is 5.97 Å². The number of benzene rings is 2. The summed E-state index contributed by atoms with van der Waals surface area (Å²) in [6.45, 7) is 11.5. The summed E-state index contributed by atoms with van der Waals surface area (Å²) in [5, 5.41) is 14.4. The third-order valence-electron chi connectivity index (χ3n) is 10.0. The molecule has 2 aliphatic heterocycles. The molecule has 0 aromatic heterocycles. The summed E-state index contributed by atoms with van der Waals surface area (Å²) in [6.07, 6.45) is 7.87. The molecule has 1 unspecified atom stereocenters. The lowest BCUT2D eigenvalue weighted by molar-refractivity contribution is -0.150. The van der Waals surface area contributed by atoms with Crippen LogP contribution in [0.4, 0.5) is 0 Å². The largest absolute Gasteiger partial charge is 0.496 e. The van der Waals surface area contributed by atoms with E-state index in [-0.39, 0.29) is 24.3 Å². The second kappa shape index (κ2) is 22.1. The SMILES string of the molecule is C=O.CC(NC(=O)[C@@H]1CC[C@H]2CN(S(=O)(=O)Cc3ccccc3)CC(=O)N21)C(=O)C(=O)O.CNC1CCCCC1.COc1cc(C)c(C)c(C)c1C.O. The van der Waals surface area contributed by atoms with Crippen LogP contribution >= 0.6 is 0 Å². The number of hydrogen-bond acceptors (Lipinski definition) is 9. The number of methoxy groups -OCH3 is 1. The molecule has 3 fully saturated rings. The van der Waals surface area contributed by atoms with Gasteiger partial charge in [0.25, 0.3) is 5.78 Å². The number of sulfonamides is 1. The molecule has 3 aliphatic rings. The molecule has 53 heavy (non-hydrogen) atoms. The summed E-state index contributed by atoms with van der Waals surface area (Å²) in [6, 6.07) is 9.07. The molecule has 1 saturated carbocycles. The highest BCUT2D eigenvalue weighted by Gasteiger charge is 2.47. The molecule has 2 heterocycles. The van der Waals surface area contributed by atoms with Crippen LogP contribution in [0.5, 0.6) is 5.75 Å². The first kappa shape index (κ1) is 46.8. The fourth-order valence-electron chi connectivity index (χ4n) is 6.66. The Morgan fingerprint density at radius 3 is 2.09 bits per heavy atom. The molecule has 0 bridgehead atoms. The molecule has 3 atom stereocenters. The number of fused-ring (bicyclic) bond motifs is 1. The number of carboxylic acid groups (broad SMARTS) is 1. The highest BCUT2D eigenvalue weighted by Crippen LogP contribution is 2.30. The number of amides is 2. The van der Waals surface area contributed by atoms with E-state index in [0.717, 1.165) is 16.1 Å². The number of aryl methyl sites for hydroxylation is 1. The van der Waals surface area contributed by atoms with Gasteiger partial charge in [0.15, 0.2) is 0 Å². The molecule has 1 aliphatic carbocycles. The third kappa shape index (κ3) is 13.0. The minimum absolute atomic E-state index is 0. The first-order chi connectivity index (χ1) is 24.6. The van der Waals surface area contributed by atoms with E-state index in [1.165, 1.54) is 66.2 Å². The van der Waals surface area contributed by atoms with Crippen molar-refractivity contribution in [2.24, 2.45) is 0 Å². The van der Waals surface area contributed by atoms with Crippen LogP contribution in [0, 0.1) is 27.7 Å². The van der Waals surface area contributed by atoms with E-state index in [0.29, 0.717) is 18.4 Å². The van der Waals surface area contributed by atoms with Gasteiger partial charge in [-0.15, -0.1) is 0 Å². The van der Waals surface area contributed by atoms with Gasteiger partial charge in [0, 0.05) is 18.6 Å². The number of nitrogens with one attached hydrogen (secondary N) is 2. The van der Waals surface area contributed by atoms with Gasteiger partial charge in [0.2, 0.25) is 21.8 Å². The van der Waals surface area contributed by atoms with E-state index < -0.39 is 51.7 Å². The number of ether oxygens (including phenoxy) is 1. The Morgan fingerprint density at radius 1 is 0.962 bits per heavy atom. The van der Waals surface area contributed by atoms with Gasteiger partial charge in [-0.05, 0) is 101 Å². The molecule has 14 nitrogen and oxygen atoms in total. The van der Waals surface area contributed by atoms with E-state index in [1.54, 1.807) is 37.4 Å². The van der Waals surface area contributed by atoms with Gasteiger partial charge in [-0.2, -0.15) is 4.31 Å². The maximum Gasteiger partial charge on any atom is 0.374 e. The van der Waals surface area contributed by atoms with Crippen molar-refractivity contribution in [1.82, 2.24) is 19.8 Å². The predicted octanol–water partition coefficient (Wildman–Crippen LogP) is 2.81. The Balaban J connectivity index is 0.000000499. The highest BCUT2D eigenvalue weighted by molar-refractivity contribution is 7.88. The number of carbonyl (C=O) groups excluding carboxylic acids is 4. The summed E-state index contributed by atoms with van der Waals surface area (Å²) in [5.74, 6) is -3.13. The highest BCUT2D eigenvalue weighted by atomic mass is 32.2. The molecule has 5 N–H and O–H groups in total. The minimum Gasteiger partial charge on any atom is -0.496 e. The maximum atomic E-state index is 12.8. The number of Topliss-reactive ketones (excluding diaryl/α,β-unsaturated/α-hetero) is 1. The van der Waals surface area contributed by atoms with Crippen molar-refractivity contribution in [2.45, 2.75) is 109 Å². The first-order valence-corrected chi connectivity index (χ1v) is 19.2. The second-order valence-electron chi connectivity index (χ2n) is 13.4. The monoisotopic (exact) mass is 762 g/mol. The second-order valence-corrected chi connectivity index (χ2v) is 15.3. The number of aliphatic carboxylic acids is 1. The van der Waals surface area contributed by atoms with Gasteiger partial charge in [-0.25, -0.2) is 13.2 Å². The molecule has 2 amide bonds. The van der Waals surface area contributed by atoms with Crippen molar-refractivity contribution in [3.05, 3.63) is 64.2 Å². The molecule has 5 rings (SSSR count). The van der Waals surface area contributed by atoms with Crippen LogP contribution in [-0.2, 0) is 39.7 Å². The Bertz CT molecular complexity index is 1630. The van der Waals surface area contributed by atoms with Crippen molar-refractivity contribution in [3.63, 3.8) is 0 Å². The predicted molar refractivity (Wildman–Crippen MR) is 203 cm³/mol. The molecule has 2 saturated heterocycles. The molecule has 296 valence electrons. The van der Waals surface area contributed by atoms with Crippen molar-refractivity contribution >= 4 is 40.4 Å². The number of rotatable bonds is 9. The third-order valence-corrected chi connectivity index (χ3v) is 11.8. The fraction of sp³-hybridized carbons (Fsp3) is 0.553. The van der Waals surface area contributed by atoms with Crippen LogP contribution in [0.3, 0.4) is 0 Å². The normalized spacial score (nSPS) is 18.9. The van der Waals surface area contributed by atoms with Crippen LogP contribution in [0.25, 0.3) is 0 Å². The number of carboxylic acids is 1. The van der Waals surface area contributed by atoms with Crippen molar-refractivity contribution < 1.29 is 47.7 Å². The number of hydrogen-bond donors (Lipinski definition) is 3. The zero-order valence-corrected chi connectivity index (χ0v) is 32.9. The molecule has 2 aromatic carbocycles. The summed E-state index contributed by atoms with van der Waals surface area (Å²) in [5.41, 5.74) is 5.88. The average Bonchev–Trinajstić information content (AvgIpc) is 3.59. The van der Waals surface area contributed by atoms with Gasteiger partial charge < -0.3 is 35.6 Å². The standard InChI is InChI=1S/C19H23N3O7S.C11H16O.C7H15N.CH2O.H2O/c1-12(17(24)19(26)27)20-18(25)15-8-7-14-9-21(10-16(23)22(14)15)30(28,29)11-13-5-3-2-4-6-13;1-7-6-11(12-5)10(4)9(3)8(7)2;1-8-7-5-3-2-4-6-7;1-2;/h2-6,12,14-15H,7-11H2,1H3,(H,20,25)(H,26,27);6H,1-5H3;7-8H,2-6H2,1H3;1H2;1H2/t12?,14-,15-;;;;/m0..../s1. The summed E-state index contributed by atoms with van der Waals surface area (Å²) in [7, 11) is 0.0742. The Hall–Kier alpha value is -4.18. The first-order valence-electron chi connectivity index (χ1n) is 17.6. The lowest BCUT2D eigenvalue weighted by Gasteiger charge is -2.38. The Morgan fingerprint density at radius 2 is 1.57 bits per heavy atom. The molecule has 2 aromatic rings. The zero-order valence-electron chi connectivity index (χ0n) is 32.1. The number of carbonyl (C=O) groups is 5. The summed E-state index contributed by atoms with van der Waals surface area (Å²) >= 11 is 0. The van der Waals surface area contributed by atoms with E-state index in [9.17, 15) is 27.6 Å². The van der Waals surface area contributed by atoms with E-state index in [2.05, 4.69) is 51.4 Å². The van der Waals surface area contributed by atoms with E-state index >= 15 is 0 Å². The van der Waals surface area contributed by atoms with Crippen LogP contribution in [0.15, 0.2) is 36.4 Å². The van der Waals surface area contributed by atoms with Gasteiger partial charge in [-0.3, -0.25) is 14.4 Å².